The maximum absolute atomic E-state index is 12.6. The molecule has 1 amide bonds. The summed E-state index contributed by atoms with van der Waals surface area (Å²) in [6, 6.07) is -0.115. The van der Waals surface area contributed by atoms with Crippen molar-refractivity contribution in [3.63, 3.8) is 0 Å². The first kappa shape index (κ1) is 14.0. The Kier molecular flexibility index (Phi) is 3.30. The van der Waals surface area contributed by atoms with Gasteiger partial charge in [-0.2, -0.15) is 0 Å². The number of ether oxygens (including phenoxy) is 1. The molecule has 118 valence electrons. The van der Waals surface area contributed by atoms with Crippen LogP contribution >= 0.6 is 0 Å². The van der Waals surface area contributed by atoms with E-state index in [0.717, 1.165) is 24.3 Å². The van der Waals surface area contributed by atoms with E-state index < -0.39 is 0 Å². The van der Waals surface area contributed by atoms with Crippen molar-refractivity contribution in [1.29, 1.82) is 0 Å². The van der Waals surface area contributed by atoms with Crippen molar-refractivity contribution in [2.24, 2.45) is 34.8 Å². The highest BCUT2D eigenvalue weighted by Gasteiger charge is 2.51. The molecule has 21 heavy (non-hydrogen) atoms. The SMILES string of the molecule is CN(CC12CC3CC(CC(C3)C1)C2)C(=O)C1COCC1N. The summed E-state index contributed by atoms with van der Waals surface area (Å²) in [7, 11) is 1.98. The van der Waals surface area contributed by atoms with Crippen molar-refractivity contribution in [2.75, 3.05) is 26.8 Å². The number of nitrogens with zero attached hydrogens (tertiary/aromatic N) is 1. The molecule has 4 heteroatoms. The monoisotopic (exact) mass is 292 g/mol. The zero-order valence-corrected chi connectivity index (χ0v) is 13.1. The average Bonchev–Trinajstić information content (AvgIpc) is 2.81. The van der Waals surface area contributed by atoms with Gasteiger partial charge in [0, 0.05) is 19.6 Å². The molecule has 5 aliphatic rings. The Morgan fingerprint density at radius 2 is 1.71 bits per heavy atom. The summed E-state index contributed by atoms with van der Waals surface area (Å²) in [6.07, 6.45) is 8.42. The van der Waals surface area contributed by atoms with Crippen LogP contribution < -0.4 is 5.73 Å². The van der Waals surface area contributed by atoms with Crippen LogP contribution in [0.15, 0.2) is 0 Å². The van der Waals surface area contributed by atoms with Gasteiger partial charge in [-0.15, -0.1) is 0 Å². The molecule has 5 rings (SSSR count). The first-order chi connectivity index (χ1) is 10.0. The molecule has 2 N–H and O–H groups in total. The van der Waals surface area contributed by atoms with Crippen LogP contribution in [0.1, 0.15) is 38.5 Å². The van der Waals surface area contributed by atoms with Gasteiger partial charge in [0.1, 0.15) is 0 Å². The molecule has 0 aromatic carbocycles. The molecule has 5 fully saturated rings. The van der Waals surface area contributed by atoms with E-state index in [4.69, 9.17) is 10.5 Å². The smallest absolute Gasteiger partial charge is 0.229 e. The van der Waals surface area contributed by atoms with Crippen molar-refractivity contribution in [1.82, 2.24) is 4.90 Å². The molecule has 0 aromatic rings. The van der Waals surface area contributed by atoms with Crippen molar-refractivity contribution < 1.29 is 9.53 Å². The van der Waals surface area contributed by atoms with Gasteiger partial charge < -0.3 is 15.4 Å². The molecule has 2 unspecified atom stereocenters. The van der Waals surface area contributed by atoms with E-state index in [2.05, 4.69) is 0 Å². The summed E-state index contributed by atoms with van der Waals surface area (Å²) in [5, 5.41) is 0. The fourth-order valence-corrected chi connectivity index (χ4v) is 6.17. The number of nitrogens with two attached hydrogens (primary N) is 1. The lowest BCUT2D eigenvalue weighted by molar-refractivity contribution is -0.139. The third-order valence-electron chi connectivity index (χ3n) is 6.56. The lowest BCUT2D eigenvalue weighted by Crippen LogP contribution is -2.53. The summed E-state index contributed by atoms with van der Waals surface area (Å²) in [5.41, 5.74) is 6.43. The zero-order valence-electron chi connectivity index (χ0n) is 13.1. The fourth-order valence-electron chi connectivity index (χ4n) is 6.17. The molecule has 0 spiro atoms. The van der Waals surface area contributed by atoms with Crippen molar-refractivity contribution >= 4 is 5.91 Å². The molecule has 4 bridgehead atoms. The first-order valence-corrected chi connectivity index (χ1v) is 8.63. The van der Waals surface area contributed by atoms with Crippen molar-refractivity contribution in [3.05, 3.63) is 0 Å². The van der Waals surface area contributed by atoms with Gasteiger partial charge in [-0.3, -0.25) is 4.79 Å². The van der Waals surface area contributed by atoms with Crippen molar-refractivity contribution in [3.8, 4) is 0 Å². The molecule has 4 nitrogen and oxygen atoms in total. The van der Waals surface area contributed by atoms with Gasteiger partial charge >= 0.3 is 0 Å². The van der Waals surface area contributed by atoms with Crippen LogP contribution in [-0.2, 0) is 9.53 Å². The third-order valence-corrected chi connectivity index (χ3v) is 6.56. The predicted molar refractivity (Wildman–Crippen MR) is 80.5 cm³/mol. The maximum atomic E-state index is 12.6. The van der Waals surface area contributed by atoms with Crippen molar-refractivity contribution in [2.45, 2.75) is 44.6 Å². The molecule has 4 saturated carbocycles. The Hall–Kier alpha value is -0.610. The number of hydrogen-bond donors (Lipinski definition) is 1. The molecule has 1 aliphatic heterocycles. The molecular formula is C17H28N2O2. The van der Waals surface area contributed by atoms with Gasteiger partial charge in [-0.25, -0.2) is 0 Å². The van der Waals surface area contributed by atoms with Crippen LogP contribution in [-0.4, -0.2) is 43.7 Å². The highest BCUT2D eigenvalue weighted by atomic mass is 16.5. The number of carbonyl (C=O) groups is 1. The molecule has 0 radical (unpaired) electrons. The van der Waals surface area contributed by atoms with E-state index in [0.29, 0.717) is 18.6 Å². The Morgan fingerprint density at radius 3 is 2.19 bits per heavy atom. The molecule has 1 heterocycles. The molecule has 4 aliphatic carbocycles. The summed E-state index contributed by atoms with van der Waals surface area (Å²) >= 11 is 0. The zero-order chi connectivity index (χ0) is 14.6. The second-order valence-corrected chi connectivity index (χ2v) is 8.42. The predicted octanol–water partition coefficient (Wildman–Crippen LogP) is 1.63. The van der Waals surface area contributed by atoms with E-state index in [1.54, 1.807) is 0 Å². The highest BCUT2D eigenvalue weighted by Crippen LogP contribution is 2.60. The molecule has 0 aromatic heterocycles. The Morgan fingerprint density at radius 1 is 1.14 bits per heavy atom. The largest absolute Gasteiger partial charge is 0.379 e. The summed E-state index contributed by atoms with van der Waals surface area (Å²) in [5.74, 6) is 2.91. The molecule has 2 atom stereocenters. The minimum Gasteiger partial charge on any atom is -0.379 e. The van der Waals surface area contributed by atoms with E-state index in [1.807, 2.05) is 11.9 Å². The van der Waals surface area contributed by atoms with Crippen LogP contribution in [0.3, 0.4) is 0 Å². The van der Waals surface area contributed by atoms with Crippen LogP contribution in [0.4, 0.5) is 0 Å². The maximum Gasteiger partial charge on any atom is 0.229 e. The van der Waals surface area contributed by atoms with Gasteiger partial charge in [0.25, 0.3) is 0 Å². The second kappa shape index (κ2) is 4.95. The molecular weight excluding hydrogens is 264 g/mol. The van der Waals surface area contributed by atoms with Gasteiger partial charge in [0.2, 0.25) is 5.91 Å². The highest BCUT2D eigenvalue weighted by molar-refractivity contribution is 5.79. The summed E-state index contributed by atoms with van der Waals surface area (Å²) in [6.45, 7) is 1.98. The number of amides is 1. The van der Waals surface area contributed by atoms with Gasteiger partial charge in [-0.05, 0) is 61.7 Å². The van der Waals surface area contributed by atoms with Crippen LogP contribution in [0.2, 0.25) is 0 Å². The Labute approximate surface area is 127 Å². The van der Waals surface area contributed by atoms with Gasteiger partial charge in [0.05, 0.1) is 19.1 Å². The standard InChI is InChI=1S/C17H28N2O2/c1-19(16(20)14-8-21-9-15(14)18)10-17-5-11-2-12(6-17)4-13(3-11)7-17/h11-15H,2-10,18H2,1H3. The minimum atomic E-state index is -0.121. The van der Waals surface area contributed by atoms with Gasteiger partial charge in [0.15, 0.2) is 0 Å². The normalized spacial score (nSPS) is 47.8. The summed E-state index contributed by atoms with van der Waals surface area (Å²) in [4.78, 5) is 14.6. The first-order valence-electron chi connectivity index (χ1n) is 8.63. The Balaban J connectivity index is 1.44. The van der Waals surface area contributed by atoms with Crippen LogP contribution in [0.25, 0.3) is 0 Å². The quantitative estimate of drug-likeness (QED) is 0.860. The second-order valence-electron chi connectivity index (χ2n) is 8.42. The number of rotatable bonds is 3. The van der Waals surface area contributed by atoms with E-state index in [-0.39, 0.29) is 17.9 Å². The summed E-state index contributed by atoms with van der Waals surface area (Å²) < 4.78 is 5.36. The van der Waals surface area contributed by atoms with E-state index in [9.17, 15) is 4.79 Å². The lowest BCUT2D eigenvalue weighted by Gasteiger charge is -2.57. The average molecular weight is 292 g/mol. The fraction of sp³-hybridized carbons (Fsp3) is 0.941. The van der Waals surface area contributed by atoms with E-state index >= 15 is 0 Å². The topological polar surface area (TPSA) is 55.6 Å². The van der Waals surface area contributed by atoms with Gasteiger partial charge in [-0.1, -0.05) is 0 Å². The molecule has 1 saturated heterocycles. The van der Waals surface area contributed by atoms with Crippen LogP contribution in [0.5, 0.6) is 0 Å². The number of hydrogen-bond acceptors (Lipinski definition) is 3. The number of carbonyl (C=O) groups excluding carboxylic acids is 1. The third kappa shape index (κ3) is 2.40. The van der Waals surface area contributed by atoms with Crippen LogP contribution in [0, 0.1) is 29.1 Å². The van der Waals surface area contributed by atoms with E-state index in [1.165, 1.54) is 38.5 Å². The lowest BCUT2D eigenvalue weighted by atomic mass is 9.49. The minimum absolute atomic E-state index is 0.115. The Bertz CT molecular complexity index is 401.